The topological polar surface area (TPSA) is 17.1 Å². The Morgan fingerprint density at radius 1 is 1.00 bits per heavy atom. The second kappa shape index (κ2) is 5.04. The van der Waals surface area contributed by atoms with Gasteiger partial charge in [-0.1, -0.05) is 42.5 Å². The van der Waals surface area contributed by atoms with E-state index in [1.54, 1.807) is 30.3 Å². The molecule has 0 N–H and O–H groups in total. The summed E-state index contributed by atoms with van der Waals surface area (Å²) in [5, 5.41) is 0. The highest BCUT2D eigenvalue weighted by Crippen LogP contribution is 2.24. The smallest absolute Gasteiger partial charge is 0.288 e. The van der Waals surface area contributed by atoms with Gasteiger partial charge in [0.25, 0.3) is 0 Å². The normalized spacial score (nSPS) is 10.7. The van der Waals surface area contributed by atoms with Gasteiger partial charge in [0.1, 0.15) is 5.82 Å². The van der Waals surface area contributed by atoms with E-state index in [0.29, 0.717) is 5.56 Å². The highest BCUT2D eigenvalue weighted by Gasteiger charge is 2.19. The van der Waals surface area contributed by atoms with Crippen molar-refractivity contribution in [1.29, 1.82) is 0 Å². The molecular weight excluding hydrogens is 241 g/mol. The van der Waals surface area contributed by atoms with Gasteiger partial charge in [-0.05, 0) is 11.6 Å². The van der Waals surface area contributed by atoms with E-state index in [2.05, 4.69) is 0 Å². The molecule has 0 aliphatic carbocycles. The average molecular weight is 250 g/mol. The van der Waals surface area contributed by atoms with Crippen LogP contribution < -0.4 is 0 Å². The van der Waals surface area contributed by atoms with Crippen molar-refractivity contribution in [2.45, 2.75) is 6.43 Å². The molecule has 0 amide bonds. The Morgan fingerprint density at radius 2 is 1.67 bits per heavy atom. The molecule has 0 unspecified atom stereocenters. The number of alkyl halides is 2. The first kappa shape index (κ1) is 12.4. The quantitative estimate of drug-likeness (QED) is 0.754. The lowest BCUT2D eigenvalue weighted by Crippen LogP contribution is -2.10. The van der Waals surface area contributed by atoms with Crippen molar-refractivity contribution in [3.05, 3.63) is 59.9 Å². The molecule has 2 aromatic carbocycles. The number of hydrogen-bond donors (Lipinski definition) is 0. The van der Waals surface area contributed by atoms with Gasteiger partial charge in [0.2, 0.25) is 5.78 Å². The van der Waals surface area contributed by atoms with Crippen LogP contribution in [0.5, 0.6) is 0 Å². The van der Waals surface area contributed by atoms with Crippen LogP contribution in [0.4, 0.5) is 13.2 Å². The summed E-state index contributed by atoms with van der Waals surface area (Å²) in [6.07, 6.45) is -3.12. The number of halogens is 3. The van der Waals surface area contributed by atoms with Gasteiger partial charge in [0.05, 0.1) is 0 Å². The second-order valence-corrected chi connectivity index (χ2v) is 3.73. The molecule has 0 aromatic heterocycles. The molecule has 0 saturated carbocycles. The van der Waals surface area contributed by atoms with Gasteiger partial charge in [-0.3, -0.25) is 4.79 Å². The number of carbonyl (C=O) groups is 1. The van der Waals surface area contributed by atoms with Crippen molar-refractivity contribution in [3.8, 4) is 11.1 Å². The molecule has 0 aliphatic heterocycles. The van der Waals surface area contributed by atoms with E-state index >= 15 is 0 Å². The summed E-state index contributed by atoms with van der Waals surface area (Å²) < 4.78 is 38.2. The summed E-state index contributed by atoms with van der Waals surface area (Å²) in [6, 6.07) is 12.1. The van der Waals surface area contributed by atoms with Crippen molar-refractivity contribution < 1.29 is 18.0 Å². The average Bonchev–Trinajstić information content (AvgIpc) is 2.38. The molecule has 0 heterocycles. The molecule has 18 heavy (non-hydrogen) atoms. The Balaban J connectivity index is 2.40. The molecule has 0 saturated heterocycles. The van der Waals surface area contributed by atoms with Gasteiger partial charge >= 0.3 is 6.43 Å². The van der Waals surface area contributed by atoms with E-state index in [1.807, 2.05) is 0 Å². The summed E-state index contributed by atoms with van der Waals surface area (Å²) in [4.78, 5) is 11.0. The second-order valence-electron chi connectivity index (χ2n) is 3.73. The molecular formula is C14H9F3O. The van der Waals surface area contributed by atoms with Crippen molar-refractivity contribution in [3.63, 3.8) is 0 Å². The number of benzene rings is 2. The molecule has 92 valence electrons. The molecule has 4 heteroatoms. The summed E-state index contributed by atoms with van der Waals surface area (Å²) >= 11 is 0. The number of Topliss-reactive ketones (excluding diaryl/α,β-unsaturated/α-hetero) is 1. The maximum absolute atomic E-state index is 13.8. The van der Waals surface area contributed by atoms with Crippen LogP contribution in [0.3, 0.4) is 0 Å². The van der Waals surface area contributed by atoms with Crippen LogP contribution >= 0.6 is 0 Å². The Morgan fingerprint density at radius 3 is 2.22 bits per heavy atom. The highest BCUT2D eigenvalue weighted by molar-refractivity contribution is 5.98. The summed E-state index contributed by atoms with van der Waals surface area (Å²) in [7, 11) is 0. The van der Waals surface area contributed by atoms with Crippen molar-refractivity contribution in [1.82, 2.24) is 0 Å². The van der Waals surface area contributed by atoms with Crippen molar-refractivity contribution in [2.24, 2.45) is 0 Å². The van der Waals surface area contributed by atoms with Gasteiger partial charge in [-0.25, -0.2) is 13.2 Å². The van der Waals surface area contributed by atoms with E-state index < -0.39 is 18.0 Å². The molecule has 0 aliphatic rings. The maximum atomic E-state index is 13.8. The Bertz CT molecular complexity index is 565. The molecule has 1 nitrogen and oxygen atoms in total. The lowest BCUT2D eigenvalue weighted by Gasteiger charge is -2.05. The number of ketones is 1. The molecule has 2 aromatic rings. The van der Waals surface area contributed by atoms with Gasteiger partial charge in [0, 0.05) is 11.1 Å². The molecule has 0 fully saturated rings. The fourth-order valence-electron chi connectivity index (χ4n) is 1.65. The molecule has 0 radical (unpaired) electrons. The lowest BCUT2D eigenvalue weighted by atomic mass is 10.0. The van der Waals surface area contributed by atoms with Crippen LogP contribution in [0.25, 0.3) is 11.1 Å². The Hall–Kier alpha value is -2.10. The first-order valence-electron chi connectivity index (χ1n) is 5.27. The molecule has 0 atom stereocenters. The fraction of sp³-hybridized carbons (Fsp3) is 0.0714. The first-order chi connectivity index (χ1) is 8.59. The predicted octanol–water partition coefficient (Wildman–Crippen LogP) is 3.94. The summed E-state index contributed by atoms with van der Waals surface area (Å²) in [5.74, 6) is -2.05. The van der Waals surface area contributed by atoms with Crippen LogP contribution in [0, 0.1) is 5.82 Å². The zero-order chi connectivity index (χ0) is 13.1. The zero-order valence-electron chi connectivity index (χ0n) is 9.24. The third kappa shape index (κ3) is 2.42. The van der Waals surface area contributed by atoms with E-state index in [0.717, 1.165) is 6.07 Å². The van der Waals surface area contributed by atoms with Crippen LogP contribution in [0.1, 0.15) is 10.4 Å². The number of rotatable bonds is 3. The largest absolute Gasteiger partial charge is 0.300 e. The van der Waals surface area contributed by atoms with Crippen molar-refractivity contribution >= 4 is 5.78 Å². The van der Waals surface area contributed by atoms with Gasteiger partial charge in [-0.2, -0.15) is 0 Å². The lowest BCUT2D eigenvalue weighted by molar-refractivity contribution is 0.0678. The van der Waals surface area contributed by atoms with E-state index in [1.165, 1.54) is 12.1 Å². The third-order valence-corrected chi connectivity index (χ3v) is 2.54. The van der Waals surface area contributed by atoms with Crippen LogP contribution in [0.2, 0.25) is 0 Å². The fourth-order valence-corrected chi connectivity index (χ4v) is 1.65. The van der Waals surface area contributed by atoms with E-state index in [9.17, 15) is 18.0 Å². The standard InChI is InChI=1S/C14H9F3O/c15-12-8-10(13(18)14(16)17)6-7-11(12)9-4-2-1-3-5-9/h1-8,14H. The minimum atomic E-state index is -3.12. The number of hydrogen-bond acceptors (Lipinski definition) is 1. The highest BCUT2D eigenvalue weighted by atomic mass is 19.3. The Kier molecular flexibility index (Phi) is 3.46. The minimum absolute atomic E-state index is 0.279. The molecule has 0 spiro atoms. The summed E-state index contributed by atoms with van der Waals surface area (Å²) in [5.41, 5.74) is 0.592. The monoisotopic (exact) mass is 250 g/mol. The van der Waals surface area contributed by atoms with Crippen LogP contribution in [-0.4, -0.2) is 12.2 Å². The predicted molar refractivity (Wildman–Crippen MR) is 62.2 cm³/mol. The van der Waals surface area contributed by atoms with Crippen molar-refractivity contribution in [2.75, 3.05) is 0 Å². The number of carbonyl (C=O) groups excluding carboxylic acids is 1. The third-order valence-electron chi connectivity index (χ3n) is 2.54. The first-order valence-corrected chi connectivity index (χ1v) is 5.27. The van der Waals surface area contributed by atoms with Crippen LogP contribution in [0.15, 0.2) is 48.5 Å². The minimum Gasteiger partial charge on any atom is -0.288 e. The summed E-state index contributed by atoms with van der Waals surface area (Å²) in [6.45, 7) is 0. The maximum Gasteiger partial charge on any atom is 0.300 e. The van der Waals surface area contributed by atoms with Gasteiger partial charge < -0.3 is 0 Å². The van der Waals surface area contributed by atoms with Gasteiger partial charge in [0.15, 0.2) is 0 Å². The zero-order valence-corrected chi connectivity index (χ0v) is 9.24. The Labute approximate surface area is 102 Å². The van der Waals surface area contributed by atoms with E-state index in [-0.39, 0.29) is 11.1 Å². The van der Waals surface area contributed by atoms with E-state index in [4.69, 9.17) is 0 Å². The SMILES string of the molecule is O=C(c1ccc(-c2ccccc2)c(F)c1)C(F)F. The van der Waals surface area contributed by atoms with Gasteiger partial charge in [-0.15, -0.1) is 0 Å². The van der Waals surface area contributed by atoms with Crippen LogP contribution in [-0.2, 0) is 0 Å². The molecule has 2 rings (SSSR count). The molecule has 0 bridgehead atoms.